The molecule has 3 rings (SSSR count). The molecule has 5 atom stereocenters. The Bertz CT molecular complexity index is 605. The van der Waals surface area contributed by atoms with Crippen LogP contribution in [0, 0.1) is 0 Å². The zero-order valence-electron chi connectivity index (χ0n) is 12.7. The smallest absolute Gasteiger partial charge is 0.333 e. The molecule has 0 aromatic rings. The van der Waals surface area contributed by atoms with Crippen molar-refractivity contribution in [1.29, 1.82) is 0 Å². The minimum Gasteiger partial charge on any atom is -0.454 e. The van der Waals surface area contributed by atoms with Gasteiger partial charge in [0.15, 0.2) is 0 Å². The van der Waals surface area contributed by atoms with Gasteiger partial charge in [-0.2, -0.15) is 4.31 Å². The van der Waals surface area contributed by atoms with E-state index >= 15 is 0 Å². The Morgan fingerprint density at radius 2 is 2.00 bits per heavy atom. The molecule has 0 aliphatic carbocycles. The summed E-state index contributed by atoms with van der Waals surface area (Å²) in [6.07, 6.45) is -0.894. The molecule has 3 saturated heterocycles. The number of carbonyl (C=O) groups excluding carboxylic acids is 1. The third kappa shape index (κ3) is 1.98. The van der Waals surface area contributed by atoms with Gasteiger partial charge in [0.2, 0.25) is 10.0 Å². The number of hydrogen-bond donors (Lipinski definition) is 0. The van der Waals surface area contributed by atoms with Crippen LogP contribution in [0.25, 0.3) is 0 Å². The van der Waals surface area contributed by atoms with Crippen LogP contribution in [0.1, 0.15) is 34.1 Å². The van der Waals surface area contributed by atoms with E-state index in [0.29, 0.717) is 12.0 Å². The minimum absolute atomic E-state index is 0.303. The summed E-state index contributed by atoms with van der Waals surface area (Å²) in [5.74, 6) is -0.495. The summed E-state index contributed by atoms with van der Waals surface area (Å²) in [6, 6.07) is -0.429. The van der Waals surface area contributed by atoms with Crippen molar-refractivity contribution in [3.63, 3.8) is 0 Å². The van der Waals surface area contributed by atoms with Gasteiger partial charge in [-0.15, -0.1) is 0 Å². The van der Waals surface area contributed by atoms with Gasteiger partial charge >= 0.3 is 5.97 Å². The first-order chi connectivity index (χ1) is 9.55. The van der Waals surface area contributed by atoms with Gasteiger partial charge in [0.1, 0.15) is 11.4 Å². The SMILES string of the molecule is C=C(C)C(=O)OC1C2CC3C(O2)C1N(C(C)(C)C)S3(=O)=O. The normalized spacial score (nSPS) is 40.5. The Labute approximate surface area is 125 Å². The molecule has 3 fully saturated rings. The van der Waals surface area contributed by atoms with Crippen LogP contribution in [-0.4, -0.2) is 53.8 Å². The molecule has 7 heteroatoms. The van der Waals surface area contributed by atoms with Crippen molar-refractivity contribution in [3.05, 3.63) is 12.2 Å². The number of esters is 1. The summed E-state index contributed by atoms with van der Waals surface area (Å²) in [5.41, 5.74) is -0.273. The third-order valence-corrected chi connectivity index (χ3v) is 6.95. The average molecular weight is 315 g/mol. The molecular weight excluding hydrogens is 294 g/mol. The standard InChI is InChI=1S/C14H21NO5S/c1-7(2)13(16)20-11-8-6-9-12(19-8)10(11)15(14(3,4)5)21(9,17)18/h8-12H,1,6H2,2-5H3. The van der Waals surface area contributed by atoms with Crippen LogP contribution in [0.3, 0.4) is 0 Å². The van der Waals surface area contributed by atoms with E-state index in [0.717, 1.165) is 0 Å². The number of carbonyl (C=O) groups is 1. The van der Waals surface area contributed by atoms with Crippen molar-refractivity contribution in [2.24, 2.45) is 0 Å². The molecule has 0 amide bonds. The van der Waals surface area contributed by atoms with Crippen molar-refractivity contribution in [2.75, 3.05) is 0 Å². The van der Waals surface area contributed by atoms with Gasteiger partial charge in [0.05, 0.1) is 18.2 Å². The van der Waals surface area contributed by atoms with E-state index < -0.39 is 45.0 Å². The minimum atomic E-state index is -3.42. The zero-order valence-corrected chi connectivity index (χ0v) is 13.5. The molecule has 3 heterocycles. The lowest BCUT2D eigenvalue weighted by atomic mass is 9.90. The highest BCUT2D eigenvalue weighted by Gasteiger charge is 2.70. The van der Waals surface area contributed by atoms with Crippen LogP contribution < -0.4 is 0 Å². The lowest BCUT2D eigenvalue weighted by molar-refractivity contribution is -0.148. The van der Waals surface area contributed by atoms with E-state index in [1.807, 2.05) is 20.8 Å². The first-order valence-electron chi connectivity index (χ1n) is 7.10. The van der Waals surface area contributed by atoms with Crippen molar-refractivity contribution < 1.29 is 22.7 Å². The van der Waals surface area contributed by atoms with Crippen molar-refractivity contribution >= 4 is 16.0 Å². The molecule has 21 heavy (non-hydrogen) atoms. The van der Waals surface area contributed by atoms with Crippen molar-refractivity contribution in [3.8, 4) is 0 Å². The Morgan fingerprint density at radius 3 is 2.52 bits per heavy atom. The molecule has 2 bridgehead atoms. The number of sulfonamides is 1. The van der Waals surface area contributed by atoms with Crippen molar-refractivity contribution in [2.45, 2.75) is 69.3 Å². The zero-order chi connectivity index (χ0) is 15.7. The quantitative estimate of drug-likeness (QED) is 0.557. The lowest BCUT2D eigenvalue weighted by Gasteiger charge is -2.36. The lowest BCUT2D eigenvalue weighted by Crippen LogP contribution is -2.53. The third-order valence-electron chi connectivity index (χ3n) is 4.38. The van der Waals surface area contributed by atoms with Gasteiger partial charge in [0, 0.05) is 11.1 Å². The second kappa shape index (κ2) is 4.30. The first-order valence-corrected chi connectivity index (χ1v) is 8.61. The monoisotopic (exact) mass is 315 g/mol. The number of rotatable bonds is 2. The summed E-state index contributed by atoms with van der Waals surface area (Å²) in [7, 11) is -3.42. The number of nitrogens with zero attached hydrogens (tertiary/aromatic N) is 1. The molecule has 0 aromatic carbocycles. The van der Waals surface area contributed by atoms with E-state index in [1.54, 1.807) is 6.92 Å². The van der Waals surface area contributed by atoms with Crippen LogP contribution in [0.5, 0.6) is 0 Å². The molecular formula is C14H21NO5S. The summed E-state index contributed by atoms with van der Waals surface area (Å²) in [4.78, 5) is 11.8. The fourth-order valence-corrected chi connectivity index (χ4v) is 6.33. The van der Waals surface area contributed by atoms with Gasteiger partial charge in [-0.25, -0.2) is 13.2 Å². The highest BCUT2D eigenvalue weighted by molar-refractivity contribution is 7.90. The molecule has 5 unspecified atom stereocenters. The van der Waals surface area contributed by atoms with E-state index in [1.165, 1.54) is 4.31 Å². The van der Waals surface area contributed by atoms with E-state index in [2.05, 4.69) is 6.58 Å². The molecule has 0 aromatic heterocycles. The Balaban J connectivity index is 1.98. The molecule has 0 saturated carbocycles. The van der Waals surface area contributed by atoms with E-state index in [-0.39, 0.29) is 6.10 Å². The largest absolute Gasteiger partial charge is 0.454 e. The fourth-order valence-electron chi connectivity index (χ4n) is 3.70. The second-order valence-electron chi connectivity index (χ2n) is 7.07. The first kappa shape index (κ1) is 15.0. The molecule has 3 aliphatic rings. The van der Waals surface area contributed by atoms with Gasteiger partial charge in [-0.1, -0.05) is 6.58 Å². The molecule has 3 aliphatic heterocycles. The number of fused-ring (bicyclic) bond motifs is 1. The second-order valence-corrected chi connectivity index (χ2v) is 9.09. The molecule has 0 radical (unpaired) electrons. The van der Waals surface area contributed by atoms with Gasteiger partial charge < -0.3 is 9.47 Å². The number of hydrogen-bond acceptors (Lipinski definition) is 5. The Morgan fingerprint density at radius 1 is 1.38 bits per heavy atom. The van der Waals surface area contributed by atoms with Crippen LogP contribution in [-0.2, 0) is 24.3 Å². The van der Waals surface area contributed by atoms with Crippen LogP contribution in [0.4, 0.5) is 0 Å². The Kier molecular flexibility index (Phi) is 3.07. The van der Waals surface area contributed by atoms with Gasteiger partial charge in [-0.05, 0) is 34.1 Å². The summed E-state index contributed by atoms with van der Waals surface area (Å²) >= 11 is 0. The van der Waals surface area contributed by atoms with Crippen LogP contribution in [0.2, 0.25) is 0 Å². The maximum atomic E-state index is 12.7. The molecule has 6 nitrogen and oxygen atoms in total. The van der Waals surface area contributed by atoms with Crippen molar-refractivity contribution in [1.82, 2.24) is 4.31 Å². The molecule has 0 spiro atoms. The predicted octanol–water partition coefficient (Wildman–Crippen LogP) is 0.826. The summed E-state index contributed by atoms with van der Waals surface area (Å²) in [5, 5.41) is -0.508. The van der Waals surface area contributed by atoms with Gasteiger partial charge in [0.25, 0.3) is 0 Å². The van der Waals surface area contributed by atoms with Crippen LogP contribution >= 0.6 is 0 Å². The van der Waals surface area contributed by atoms with Gasteiger partial charge in [-0.3, -0.25) is 0 Å². The summed E-state index contributed by atoms with van der Waals surface area (Å²) < 4.78 is 38.2. The highest BCUT2D eigenvalue weighted by Crippen LogP contribution is 2.51. The predicted molar refractivity (Wildman–Crippen MR) is 76.1 cm³/mol. The van der Waals surface area contributed by atoms with Crippen LogP contribution in [0.15, 0.2) is 12.2 Å². The topological polar surface area (TPSA) is 72.9 Å². The molecule has 118 valence electrons. The maximum Gasteiger partial charge on any atom is 0.333 e. The van der Waals surface area contributed by atoms with E-state index in [4.69, 9.17) is 9.47 Å². The highest BCUT2D eigenvalue weighted by atomic mass is 32.2. The number of ether oxygens (including phenoxy) is 2. The average Bonchev–Trinajstić information content (AvgIpc) is 2.90. The van der Waals surface area contributed by atoms with E-state index in [9.17, 15) is 13.2 Å². The Hall–Kier alpha value is -0.920. The fraction of sp³-hybridized carbons (Fsp3) is 0.786. The molecule has 0 N–H and O–H groups in total. The maximum absolute atomic E-state index is 12.7. The summed E-state index contributed by atoms with van der Waals surface area (Å²) in [6.45, 7) is 10.7.